The van der Waals surface area contributed by atoms with E-state index in [0.717, 1.165) is 25.9 Å². The molecule has 1 aliphatic rings. The van der Waals surface area contributed by atoms with E-state index >= 15 is 0 Å². The van der Waals surface area contributed by atoms with Crippen molar-refractivity contribution in [1.29, 1.82) is 0 Å². The van der Waals surface area contributed by atoms with Gasteiger partial charge in [-0.05, 0) is 24.8 Å². The van der Waals surface area contributed by atoms with E-state index in [4.69, 9.17) is 5.73 Å². The number of aromatic nitrogens is 1. The fraction of sp³-hybridized carbons (Fsp3) is 0.389. The zero-order valence-electron chi connectivity index (χ0n) is 15.4. The van der Waals surface area contributed by atoms with Crippen molar-refractivity contribution < 1.29 is 14.5 Å². The van der Waals surface area contributed by atoms with Crippen LogP contribution >= 0.6 is 11.3 Å². The van der Waals surface area contributed by atoms with Crippen molar-refractivity contribution in [2.45, 2.75) is 26.2 Å². The lowest BCUT2D eigenvalue weighted by molar-refractivity contribution is -0.384. The van der Waals surface area contributed by atoms with E-state index in [-0.39, 0.29) is 17.7 Å². The second-order valence-corrected chi connectivity index (χ2v) is 7.73. The molecule has 10 heteroatoms. The standard InChI is InChI=1S/C18H21N5O4S/c1-11-4-6-22(7-5-11)15-3-2-13(23(26)27)9-14(15)17(25)21-18-20-12(10-28-18)8-16(19)24/h2-3,9-11H,4-8H2,1H3,(H2,19,24)(H,20,21,25). The van der Waals surface area contributed by atoms with Gasteiger partial charge in [0.05, 0.1) is 28.3 Å². The number of carbonyl (C=O) groups is 2. The number of piperidine rings is 1. The normalized spacial score (nSPS) is 14.7. The number of primary amides is 1. The molecule has 148 valence electrons. The second-order valence-electron chi connectivity index (χ2n) is 6.87. The molecule has 2 heterocycles. The number of thiazole rings is 1. The first-order valence-electron chi connectivity index (χ1n) is 8.91. The van der Waals surface area contributed by atoms with Crippen LogP contribution in [0.15, 0.2) is 23.6 Å². The van der Waals surface area contributed by atoms with Gasteiger partial charge in [0.15, 0.2) is 5.13 Å². The lowest BCUT2D eigenvalue weighted by atomic mass is 9.98. The van der Waals surface area contributed by atoms with Crippen LogP contribution in [0.5, 0.6) is 0 Å². The number of nitro benzene ring substituents is 1. The van der Waals surface area contributed by atoms with Gasteiger partial charge in [-0.2, -0.15) is 0 Å². The van der Waals surface area contributed by atoms with Crippen LogP contribution in [0, 0.1) is 16.0 Å². The maximum absolute atomic E-state index is 12.9. The Morgan fingerprint density at radius 1 is 1.39 bits per heavy atom. The summed E-state index contributed by atoms with van der Waals surface area (Å²) in [6, 6.07) is 4.34. The number of nitrogens with zero attached hydrogens (tertiary/aromatic N) is 3. The third-order valence-electron chi connectivity index (χ3n) is 4.69. The summed E-state index contributed by atoms with van der Waals surface area (Å²) in [7, 11) is 0. The SMILES string of the molecule is CC1CCN(c2ccc([N+](=O)[O-])cc2C(=O)Nc2nc(CC(N)=O)cs2)CC1. The van der Waals surface area contributed by atoms with Crippen LogP contribution in [-0.2, 0) is 11.2 Å². The summed E-state index contributed by atoms with van der Waals surface area (Å²) in [5.41, 5.74) is 6.38. The molecule has 0 saturated carbocycles. The van der Waals surface area contributed by atoms with E-state index in [1.54, 1.807) is 11.4 Å². The molecule has 1 aromatic carbocycles. The maximum Gasteiger partial charge on any atom is 0.270 e. The van der Waals surface area contributed by atoms with E-state index in [2.05, 4.69) is 22.1 Å². The number of carbonyl (C=O) groups excluding carboxylic acids is 2. The van der Waals surface area contributed by atoms with Gasteiger partial charge in [-0.25, -0.2) is 4.98 Å². The van der Waals surface area contributed by atoms with E-state index in [1.807, 2.05) is 0 Å². The topological polar surface area (TPSA) is 131 Å². The lowest BCUT2D eigenvalue weighted by Crippen LogP contribution is -2.34. The van der Waals surface area contributed by atoms with Crippen LogP contribution in [0.25, 0.3) is 0 Å². The highest BCUT2D eigenvalue weighted by Crippen LogP contribution is 2.30. The molecule has 9 nitrogen and oxygen atoms in total. The van der Waals surface area contributed by atoms with Crippen LogP contribution in [0.2, 0.25) is 0 Å². The molecule has 0 spiro atoms. The Morgan fingerprint density at radius 3 is 2.75 bits per heavy atom. The van der Waals surface area contributed by atoms with Crippen molar-refractivity contribution in [3.8, 4) is 0 Å². The highest BCUT2D eigenvalue weighted by Gasteiger charge is 2.24. The first-order valence-corrected chi connectivity index (χ1v) is 9.79. The Kier molecular flexibility index (Phi) is 5.88. The van der Waals surface area contributed by atoms with Crippen molar-refractivity contribution in [1.82, 2.24) is 4.98 Å². The molecule has 28 heavy (non-hydrogen) atoms. The summed E-state index contributed by atoms with van der Waals surface area (Å²) in [5.74, 6) is -0.369. The van der Waals surface area contributed by atoms with Crippen LogP contribution < -0.4 is 16.0 Å². The number of benzene rings is 1. The molecule has 3 N–H and O–H groups in total. The Hall–Kier alpha value is -3.01. The molecule has 3 rings (SSSR count). The molecule has 1 saturated heterocycles. The third-order valence-corrected chi connectivity index (χ3v) is 5.49. The minimum Gasteiger partial charge on any atom is -0.371 e. The summed E-state index contributed by atoms with van der Waals surface area (Å²) in [6.07, 6.45) is 1.99. The van der Waals surface area contributed by atoms with E-state index in [9.17, 15) is 19.7 Å². The van der Waals surface area contributed by atoms with Gasteiger partial charge >= 0.3 is 0 Å². The number of nitrogens with one attached hydrogen (secondary N) is 1. The number of amides is 2. The van der Waals surface area contributed by atoms with E-state index in [0.29, 0.717) is 22.4 Å². The van der Waals surface area contributed by atoms with Gasteiger partial charge in [0.25, 0.3) is 11.6 Å². The monoisotopic (exact) mass is 403 g/mol. The summed E-state index contributed by atoms with van der Waals surface area (Å²) in [5, 5.41) is 15.8. The highest BCUT2D eigenvalue weighted by atomic mass is 32.1. The molecule has 1 fully saturated rings. The molecule has 1 aliphatic heterocycles. The lowest BCUT2D eigenvalue weighted by Gasteiger charge is -2.33. The van der Waals surface area contributed by atoms with Gasteiger partial charge in [-0.1, -0.05) is 6.92 Å². The number of hydrogen-bond acceptors (Lipinski definition) is 7. The number of rotatable bonds is 6. The van der Waals surface area contributed by atoms with Gasteiger partial charge in [0.1, 0.15) is 0 Å². The minimum absolute atomic E-state index is 0.0135. The zero-order chi connectivity index (χ0) is 20.3. The maximum atomic E-state index is 12.9. The van der Waals surface area contributed by atoms with Crippen molar-refractivity contribution >= 4 is 39.7 Å². The number of hydrogen-bond donors (Lipinski definition) is 2. The quantitative estimate of drug-likeness (QED) is 0.563. The molecule has 2 aromatic rings. The molecular weight excluding hydrogens is 382 g/mol. The van der Waals surface area contributed by atoms with Gasteiger partial charge in [0, 0.05) is 30.6 Å². The molecule has 2 amide bonds. The fourth-order valence-corrected chi connectivity index (χ4v) is 3.84. The first kappa shape index (κ1) is 19.7. The molecular formula is C18H21N5O4S. The third kappa shape index (κ3) is 4.63. The average molecular weight is 403 g/mol. The Balaban J connectivity index is 1.86. The molecule has 1 aromatic heterocycles. The Bertz CT molecular complexity index is 905. The minimum atomic E-state index is -0.521. The number of non-ortho nitro benzene ring substituents is 1. The average Bonchev–Trinajstić information content (AvgIpc) is 3.07. The summed E-state index contributed by atoms with van der Waals surface area (Å²) < 4.78 is 0. The molecule has 0 bridgehead atoms. The predicted octanol–water partition coefficient (Wildman–Crippen LogP) is 2.57. The van der Waals surface area contributed by atoms with E-state index < -0.39 is 16.7 Å². The number of nitro groups is 1. The van der Waals surface area contributed by atoms with Gasteiger partial charge in [-0.15, -0.1) is 11.3 Å². The summed E-state index contributed by atoms with van der Waals surface area (Å²) in [4.78, 5) is 40.8. The Morgan fingerprint density at radius 2 is 2.11 bits per heavy atom. The molecule has 0 atom stereocenters. The largest absolute Gasteiger partial charge is 0.371 e. The van der Waals surface area contributed by atoms with Gasteiger partial charge < -0.3 is 10.6 Å². The van der Waals surface area contributed by atoms with Crippen LogP contribution in [0.3, 0.4) is 0 Å². The van der Waals surface area contributed by atoms with Crippen LogP contribution in [-0.4, -0.2) is 34.8 Å². The molecule has 0 unspecified atom stereocenters. The summed E-state index contributed by atoms with van der Waals surface area (Å²) in [6.45, 7) is 3.77. The van der Waals surface area contributed by atoms with Crippen molar-refractivity contribution in [3.63, 3.8) is 0 Å². The van der Waals surface area contributed by atoms with Crippen LogP contribution in [0.1, 0.15) is 35.8 Å². The van der Waals surface area contributed by atoms with Gasteiger partial charge in [0.2, 0.25) is 5.91 Å². The first-order chi connectivity index (χ1) is 13.3. The number of nitrogens with two attached hydrogens (primary N) is 1. The van der Waals surface area contributed by atoms with Crippen LogP contribution in [0.4, 0.5) is 16.5 Å². The smallest absolute Gasteiger partial charge is 0.270 e. The van der Waals surface area contributed by atoms with E-state index in [1.165, 1.54) is 23.5 Å². The molecule has 0 aliphatic carbocycles. The number of anilines is 2. The molecule has 0 radical (unpaired) electrons. The van der Waals surface area contributed by atoms with Crippen molar-refractivity contribution in [3.05, 3.63) is 45.0 Å². The van der Waals surface area contributed by atoms with Crippen molar-refractivity contribution in [2.75, 3.05) is 23.3 Å². The van der Waals surface area contributed by atoms with Crippen molar-refractivity contribution in [2.24, 2.45) is 11.7 Å². The zero-order valence-corrected chi connectivity index (χ0v) is 16.2. The summed E-state index contributed by atoms with van der Waals surface area (Å²) >= 11 is 1.17. The predicted molar refractivity (Wildman–Crippen MR) is 107 cm³/mol. The Labute approximate surface area is 165 Å². The second kappa shape index (κ2) is 8.34. The highest BCUT2D eigenvalue weighted by molar-refractivity contribution is 7.14. The van der Waals surface area contributed by atoms with Gasteiger partial charge in [-0.3, -0.25) is 25.0 Å². The fourth-order valence-electron chi connectivity index (χ4n) is 3.13.